The number of β-amino-alcohol motifs (C(OH)–C–C–N with tert-alkyl or cyclic N) is 1. The number of methoxy groups -OCH3 is 1. The lowest BCUT2D eigenvalue weighted by atomic mass is 10.1. The Kier molecular flexibility index (Phi) is 6.46. The van der Waals surface area contributed by atoms with Crippen molar-refractivity contribution in [2.75, 3.05) is 44.7 Å². The molecule has 4 nitrogen and oxygen atoms in total. The summed E-state index contributed by atoms with van der Waals surface area (Å²) in [4.78, 5) is 4.38. The van der Waals surface area contributed by atoms with E-state index in [2.05, 4.69) is 9.80 Å². The van der Waals surface area contributed by atoms with E-state index in [0.717, 1.165) is 56.2 Å². The number of hydrogen-bond acceptors (Lipinski definition) is 4. The first kappa shape index (κ1) is 20.5. The molecule has 0 bridgehead atoms. The Morgan fingerprint density at radius 3 is 2.46 bits per heavy atom. The van der Waals surface area contributed by atoms with Crippen molar-refractivity contribution in [2.45, 2.75) is 18.7 Å². The minimum atomic E-state index is -4.41. The number of halogens is 3. The average molecular weight is 394 g/mol. The molecule has 1 aliphatic rings. The molecule has 1 unspecified atom stereocenters. The van der Waals surface area contributed by atoms with Crippen LogP contribution in [0.15, 0.2) is 48.5 Å². The Balaban J connectivity index is 1.59. The molecule has 1 fully saturated rings. The van der Waals surface area contributed by atoms with E-state index in [1.54, 1.807) is 13.2 Å². The SMILES string of the molecule is COc1ccc(N2CCCN(CC(O)c3cccc(C(F)(F)F)c3)CC2)cc1. The summed E-state index contributed by atoms with van der Waals surface area (Å²) in [5, 5.41) is 10.5. The van der Waals surface area contributed by atoms with E-state index < -0.39 is 17.8 Å². The van der Waals surface area contributed by atoms with Crippen LogP contribution in [0.5, 0.6) is 5.75 Å². The van der Waals surface area contributed by atoms with Gasteiger partial charge in [0.25, 0.3) is 0 Å². The summed E-state index contributed by atoms with van der Waals surface area (Å²) in [6.07, 6.45) is -4.44. The molecule has 0 radical (unpaired) electrons. The first-order chi connectivity index (χ1) is 13.4. The van der Waals surface area contributed by atoms with Crippen LogP contribution in [0.1, 0.15) is 23.7 Å². The van der Waals surface area contributed by atoms with Gasteiger partial charge < -0.3 is 14.7 Å². The van der Waals surface area contributed by atoms with Crippen molar-refractivity contribution in [1.29, 1.82) is 0 Å². The molecule has 1 atom stereocenters. The van der Waals surface area contributed by atoms with E-state index >= 15 is 0 Å². The number of aliphatic hydroxyl groups excluding tert-OH is 1. The number of nitrogens with zero attached hydrogens (tertiary/aromatic N) is 2. The van der Waals surface area contributed by atoms with Crippen molar-refractivity contribution in [3.05, 3.63) is 59.7 Å². The van der Waals surface area contributed by atoms with Crippen LogP contribution < -0.4 is 9.64 Å². The third-order valence-electron chi connectivity index (χ3n) is 5.06. The van der Waals surface area contributed by atoms with Crippen molar-refractivity contribution < 1.29 is 23.0 Å². The van der Waals surface area contributed by atoms with Crippen molar-refractivity contribution in [3.8, 4) is 5.75 Å². The quantitative estimate of drug-likeness (QED) is 0.833. The molecule has 0 spiro atoms. The largest absolute Gasteiger partial charge is 0.497 e. The number of alkyl halides is 3. The summed E-state index contributed by atoms with van der Waals surface area (Å²) in [7, 11) is 1.63. The highest BCUT2D eigenvalue weighted by Crippen LogP contribution is 2.31. The normalized spacial score (nSPS) is 17.2. The Morgan fingerprint density at radius 1 is 1.04 bits per heavy atom. The lowest BCUT2D eigenvalue weighted by Crippen LogP contribution is -2.33. The highest BCUT2D eigenvalue weighted by atomic mass is 19.4. The summed E-state index contributed by atoms with van der Waals surface area (Å²) in [5.41, 5.74) is 0.678. The Hall–Kier alpha value is -2.25. The zero-order valence-corrected chi connectivity index (χ0v) is 15.8. The fourth-order valence-electron chi connectivity index (χ4n) is 3.48. The predicted molar refractivity (Wildman–Crippen MR) is 103 cm³/mol. The fraction of sp³-hybridized carbons (Fsp3) is 0.429. The van der Waals surface area contributed by atoms with Gasteiger partial charge >= 0.3 is 6.18 Å². The van der Waals surface area contributed by atoms with E-state index in [1.165, 1.54) is 6.07 Å². The van der Waals surface area contributed by atoms with Crippen LogP contribution >= 0.6 is 0 Å². The third-order valence-corrected chi connectivity index (χ3v) is 5.06. The van der Waals surface area contributed by atoms with Gasteiger partial charge in [-0.1, -0.05) is 12.1 Å². The molecule has 1 saturated heterocycles. The molecular weight excluding hydrogens is 369 g/mol. The number of hydrogen-bond donors (Lipinski definition) is 1. The maximum atomic E-state index is 12.9. The number of rotatable bonds is 5. The summed E-state index contributed by atoms with van der Waals surface area (Å²) in [5.74, 6) is 0.810. The first-order valence-electron chi connectivity index (χ1n) is 9.33. The molecule has 0 aromatic heterocycles. The van der Waals surface area contributed by atoms with Gasteiger partial charge in [-0.3, -0.25) is 4.90 Å². The number of benzene rings is 2. The molecule has 2 aromatic carbocycles. The van der Waals surface area contributed by atoms with Crippen LogP contribution in [0.3, 0.4) is 0 Å². The average Bonchev–Trinajstić information content (AvgIpc) is 2.93. The van der Waals surface area contributed by atoms with Gasteiger partial charge in [0.05, 0.1) is 18.8 Å². The standard InChI is InChI=1S/C21H25F3N2O2/c1-28-19-8-6-18(7-9-19)26-11-3-10-25(12-13-26)15-20(27)16-4-2-5-17(14-16)21(22,23)24/h2,4-9,14,20,27H,3,10-13,15H2,1H3. The van der Waals surface area contributed by atoms with Crippen molar-refractivity contribution in [2.24, 2.45) is 0 Å². The highest BCUT2D eigenvalue weighted by Gasteiger charge is 2.31. The summed E-state index contributed by atoms with van der Waals surface area (Å²) >= 11 is 0. The smallest absolute Gasteiger partial charge is 0.416 e. The number of anilines is 1. The lowest BCUT2D eigenvalue weighted by Gasteiger charge is -2.25. The van der Waals surface area contributed by atoms with Crippen LogP contribution in [-0.4, -0.2) is 49.8 Å². The fourth-order valence-corrected chi connectivity index (χ4v) is 3.48. The molecule has 2 aromatic rings. The maximum absolute atomic E-state index is 12.9. The van der Waals surface area contributed by atoms with Gasteiger partial charge in [0, 0.05) is 38.4 Å². The Morgan fingerprint density at radius 2 is 1.79 bits per heavy atom. The molecule has 3 rings (SSSR count). The number of ether oxygens (including phenoxy) is 1. The van der Waals surface area contributed by atoms with Gasteiger partial charge in [-0.2, -0.15) is 13.2 Å². The highest BCUT2D eigenvalue weighted by molar-refractivity contribution is 5.49. The molecule has 0 aliphatic carbocycles. The maximum Gasteiger partial charge on any atom is 0.416 e. The van der Waals surface area contributed by atoms with Crippen molar-refractivity contribution in [3.63, 3.8) is 0 Å². The second kappa shape index (κ2) is 8.84. The molecule has 152 valence electrons. The van der Waals surface area contributed by atoms with Crippen molar-refractivity contribution in [1.82, 2.24) is 4.90 Å². The molecule has 28 heavy (non-hydrogen) atoms. The molecule has 7 heteroatoms. The van der Waals surface area contributed by atoms with Gasteiger partial charge in [0.15, 0.2) is 0 Å². The minimum absolute atomic E-state index is 0.297. The zero-order chi connectivity index (χ0) is 20.1. The van der Waals surface area contributed by atoms with Gasteiger partial charge in [-0.15, -0.1) is 0 Å². The van der Waals surface area contributed by atoms with E-state index in [1.807, 2.05) is 24.3 Å². The van der Waals surface area contributed by atoms with Crippen molar-refractivity contribution >= 4 is 5.69 Å². The molecule has 1 aliphatic heterocycles. The predicted octanol–water partition coefficient (Wildman–Crippen LogP) is 3.96. The van der Waals surface area contributed by atoms with E-state index in [-0.39, 0.29) is 0 Å². The summed E-state index contributed by atoms with van der Waals surface area (Å²) in [6, 6.07) is 12.8. The second-order valence-electron chi connectivity index (χ2n) is 6.98. The Labute approximate surface area is 163 Å². The Bertz CT molecular complexity index is 765. The van der Waals surface area contributed by atoms with Gasteiger partial charge in [-0.25, -0.2) is 0 Å². The molecule has 0 saturated carbocycles. The molecule has 0 amide bonds. The monoisotopic (exact) mass is 394 g/mol. The van der Waals surface area contributed by atoms with Gasteiger partial charge in [0.2, 0.25) is 0 Å². The van der Waals surface area contributed by atoms with Gasteiger partial charge in [-0.05, 0) is 48.4 Å². The number of aliphatic hydroxyl groups is 1. The molecule has 1 N–H and O–H groups in total. The van der Waals surface area contributed by atoms with Crippen LogP contribution in [0, 0.1) is 0 Å². The molecule has 1 heterocycles. The molecular formula is C21H25F3N2O2. The van der Waals surface area contributed by atoms with Crippen LogP contribution in [0.25, 0.3) is 0 Å². The zero-order valence-electron chi connectivity index (χ0n) is 15.8. The van der Waals surface area contributed by atoms with Gasteiger partial charge in [0.1, 0.15) is 5.75 Å². The lowest BCUT2D eigenvalue weighted by molar-refractivity contribution is -0.137. The minimum Gasteiger partial charge on any atom is -0.497 e. The summed E-state index contributed by atoms with van der Waals surface area (Å²) < 4.78 is 43.9. The topological polar surface area (TPSA) is 35.9 Å². The van der Waals surface area contributed by atoms with Crippen LogP contribution in [0.4, 0.5) is 18.9 Å². The van der Waals surface area contributed by atoms with Crippen LogP contribution in [-0.2, 0) is 6.18 Å². The summed E-state index contributed by atoms with van der Waals surface area (Å²) in [6.45, 7) is 3.53. The second-order valence-corrected chi connectivity index (χ2v) is 6.98. The van der Waals surface area contributed by atoms with E-state index in [9.17, 15) is 18.3 Å². The van der Waals surface area contributed by atoms with Crippen LogP contribution in [0.2, 0.25) is 0 Å². The van der Waals surface area contributed by atoms with E-state index in [0.29, 0.717) is 12.1 Å². The first-order valence-corrected chi connectivity index (χ1v) is 9.33. The van der Waals surface area contributed by atoms with E-state index in [4.69, 9.17) is 4.74 Å². The third kappa shape index (κ3) is 5.17.